The van der Waals surface area contributed by atoms with E-state index in [1.54, 1.807) is 24.3 Å². The Morgan fingerprint density at radius 1 is 1.16 bits per heavy atom. The fourth-order valence-electron chi connectivity index (χ4n) is 3.63. The molecule has 0 saturated carbocycles. The lowest BCUT2D eigenvalue weighted by atomic mass is 9.95. The molecular formula is C23H18ClNO5S. The van der Waals surface area contributed by atoms with Crippen molar-refractivity contribution >= 4 is 40.4 Å². The molecule has 1 fully saturated rings. The Labute approximate surface area is 187 Å². The van der Waals surface area contributed by atoms with E-state index in [4.69, 9.17) is 16.3 Å². The second-order valence-electron chi connectivity index (χ2n) is 6.94. The zero-order valence-electron chi connectivity index (χ0n) is 16.4. The van der Waals surface area contributed by atoms with Crippen LogP contribution >= 0.6 is 22.9 Å². The van der Waals surface area contributed by atoms with Gasteiger partial charge < -0.3 is 19.8 Å². The summed E-state index contributed by atoms with van der Waals surface area (Å²) in [5, 5.41) is 23.1. The molecule has 1 aromatic heterocycles. The van der Waals surface area contributed by atoms with Crippen LogP contribution < -0.4 is 4.74 Å². The van der Waals surface area contributed by atoms with Gasteiger partial charge in [0, 0.05) is 9.90 Å². The third-order valence-corrected chi connectivity index (χ3v) is 6.17. The maximum absolute atomic E-state index is 13.1. The van der Waals surface area contributed by atoms with Gasteiger partial charge in [-0.05, 0) is 47.3 Å². The van der Waals surface area contributed by atoms with Crippen LogP contribution in [0, 0.1) is 0 Å². The lowest BCUT2D eigenvalue weighted by Gasteiger charge is -2.25. The predicted molar refractivity (Wildman–Crippen MR) is 118 cm³/mol. The predicted octanol–water partition coefficient (Wildman–Crippen LogP) is 4.74. The quantitative estimate of drug-likeness (QED) is 0.329. The second kappa shape index (κ2) is 8.45. The number of aliphatic hydroxyl groups is 1. The van der Waals surface area contributed by atoms with Crippen LogP contribution in [0.25, 0.3) is 5.76 Å². The number of likely N-dealkylation sites (tertiary alicyclic amines) is 1. The second-order valence-corrected chi connectivity index (χ2v) is 8.41. The summed E-state index contributed by atoms with van der Waals surface area (Å²) in [6, 6.07) is 13.7. The zero-order valence-corrected chi connectivity index (χ0v) is 18.0. The standard InChI is InChI=1S/C23H18ClNO5S/c1-30-18-9-6-14(24)11-17(18)21(27)19-20(13-4-7-15(26)8-5-13)25(23(29)22(19)28)12-16-3-2-10-31-16/h2-11,20,26-27H,12H2,1H3/b21-19+. The molecule has 0 aliphatic carbocycles. The third-order valence-electron chi connectivity index (χ3n) is 5.07. The van der Waals surface area contributed by atoms with Gasteiger partial charge in [0.2, 0.25) is 0 Å². The molecule has 2 heterocycles. The normalized spacial score (nSPS) is 17.9. The van der Waals surface area contributed by atoms with Gasteiger partial charge in [-0.2, -0.15) is 0 Å². The summed E-state index contributed by atoms with van der Waals surface area (Å²) in [5.41, 5.74) is 0.733. The highest BCUT2D eigenvalue weighted by atomic mass is 35.5. The summed E-state index contributed by atoms with van der Waals surface area (Å²) in [4.78, 5) is 28.4. The zero-order chi connectivity index (χ0) is 22.1. The monoisotopic (exact) mass is 455 g/mol. The molecule has 1 saturated heterocycles. The van der Waals surface area contributed by atoms with Crippen molar-refractivity contribution in [1.29, 1.82) is 0 Å². The molecule has 1 unspecified atom stereocenters. The maximum atomic E-state index is 13.1. The number of rotatable bonds is 5. The van der Waals surface area contributed by atoms with Gasteiger partial charge in [0.15, 0.2) is 0 Å². The fraction of sp³-hybridized carbons (Fsp3) is 0.130. The number of amides is 1. The molecule has 1 amide bonds. The van der Waals surface area contributed by atoms with E-state index < -0.39 is 17.7 Å². The van der Waals surface area contributed by atoms with E-state index in [1.165, 1.54) is 41.5 Å². The summed E-state index contributed by atoms with van der Waals surface area (Å²) in [6.45, 7) is 0.206. The Hall–Kier alpha value is -3.29. The molecule has 3 aromatic rings. The Morgan fingerprint density at radius 2 is 1.90 bits per heavy atom. The highest BCUT2D eigenvalue weighted by Crippen LogP contribution is 2.42. The number of ketones is 1. The van der Waals surface area contributed by atoms with Crippen molar-refractivity contribution in [3.05, 3.63) is 86.6 Å². The van der Waals surface area contributed by atoms with E-state index in [0.717, 1.165) is 4.88 Å². The van der Waals surface area contributed by atoms with Crippen LogP contribution in [0.15, 0.2) is 65.6 Å². The molecule has 8 heteroatoms. The highest BCUT2D eigenvalue weighted by Gasteiger charge is 2.46. The number of benzene rings is 2. The number of thiophene rings is 1. The van der Waals surface area contributed by atoms with Gasteiger partial charge in [-0.15, -0.1) is 11.3 Å². The number of methoxy groups -OCH3 is 1. The average molecular weight is 456 g/mol. The first kappa shape index (κ1) is 21.0. The lowest BCUT2D eigenvalue weighted by Crippen LogP contribution is -2.28. The minimum atomic E-state index is -0.841. The van der Waals surface area contributed by atoms with Gasteiger partial charge in [0.1, 0.15) is 17.3 Å². The Kier molecular flexibility index (Phi) is 5.71. The van der Waals surface area contributed by atoms with Crippen LogP contribution in [0.1, 0.15) is 22.0 Å². The Morgan fingerprint density at radius 3 is 2.55 bits per heavy atom. The first-order valence-electron chi connectivity index (χ1n) is 9.34. The van der Waals surface area contributed by atoms with E-state index in [0.29, 0.717) is 16.3 Å². The molecule has 6 nitrogen and oxygen atoms in total. The molecule has 0 spiro atoms. The lowest BCUT2D eigenvalue weighted by molar-refractivity contribution is -0.140. The number of carbonyl (C=O) groups excluding carboxylic acids is 2. The number of phenols is 1. The first-order valence-corrected chi connectivity index (χ1v) is 10.6. The van der Waals surface area contributed by atoms with E-state index in [1.807, 2.05) is 17.5 Å². The van der Waals surface area contributed by atoms with Crippen molar-refractivity contribution in [2.75, 3.05) is 7.11 Å². The average Bonchev–Trinajstić information content (AvgIpc) is 3.36. The maximum Gasteiger partial charge on any atom is 0.295 e. The van der Waals surface area contributed by atoms with E-state index in [-0.39, 0.29) is 29.2 Å². The highest BCUT2D eigenvalue weighted by molar-refractivity contribution is 7.09. The number of halogens is 1. The molecule has 31 heavy (non-hydrogen) atoms. The molecule has 2 aromatic carbocycles. The molecule has 0 radical (unpaired) electrons. The number of carbonyl (C=O) groups is 2. The van der Waals surface area contributed by atoms with Crippen molar-refractivity contribution in [2.24, 2.45) is 0 Å². The molecule has 0 bridgehead atoms. The minimum absolute atomic E-state index is 0.0514. The Bertz CT molecular complexity index is 1170. The molecule has 1 aliphatic rings. The number of hydrogen-bond acceptors (Lipinski definition) is 6. The van der Waals surface area contributed by atoms with E-state index >= 15 is 0 Å². The van der Waals surface area contributed by atoms with Gasteiger partial charge >= 0.3 is 0 Å². The molecule has 4 rings (SSSR count). The molecular weight excluding hydrogens is 438 g/mol. The number of phenolic OH excluding ortho intramolecular Hbond substituents is 1. The van der Waals surface area contributed by atoms with Crippen molar-refractivity contribution in [2.45, 2.75) is 12.6 Å². The van der Waals surface area contributed by atoms with Crippen LogP contribution in [0.4, 0.5) is 0 Å². The van der Waals surface area contributed by atoms with Gasteiger partial charge in [0.05, 0.1) is 30.8 Å². The molecule has 1 atom stereocenters. The largest absolute Gasteiger partial charge is 0.508 e. The topological polar surface area (TPSA) is 87.1 Å². The van der Waals surface area contributed by atoms with Crippen LogP contribution in [-0.4, -0.2) is 33.9 Å². The van der Waals surface area contributed by atoms with E-state index in [9.17, 15) is 19.8 Å². The smallest absolute Gasteiger partial charge is 0.295 e. The number of hydrogen-bond donors (Lipinski definition) is 2. The van der Waals surface area contributed by atoms with Crippen LogP contribution in [0.3, 0.4) is 0 Å². The van der Waals surface area contributed by atoms with E-state index in [2.05, 4.69) is 0 Å². The van der Waals surface area contributed by atoms with Crippen molar-refractivity contribution in [1.82, 2.24) is 4.90 Å². The summed E-state index contributed by atoms with van der Waals surface area (Å²) >= 11 is 7.57. The molecule has 1 aliphatic heterocycles. The van der Waals surface area contributed by atoms with Gasteiger partial charge in [0.25, 0.3) is 11.7 Å². The van der Waals surface area contributed by atoms with Gasteiger partial charge in [-0.1, -0.05) is 29.8 Å². The van der Waals surface area contributed by atoms with Gasteiger partial charge in [-0.25, -0.2) is 0 Å². The van der Waals surface area contributed by atoms with Crippen LogP contribution in [0.2, 0.25) is 5.02 Å². The summed E-state index contributed by atoms with van der Waals surface area (Å²) in [5.74, 6) is -1.51. The van der Waals surface area contributed by atoms with Crippen molar-refractivity contribution in [3.63, 3.8) is 0 Å². The number of aromatic hydroxyl groups is 1. The number of nitrogens with zero attached hydrogens (tertiary/aromatic N) is 1. The van der Waals surface area contributed by atoms with Crippen molar-refractivity contribution in [3.8, 4) is 11.5 Å². The fourth-order valence-corrected chi connectivity index (χ4v) is 4.50. The number of Topliss-reactive ketones (excluding diaryl/α,β-unsaturated/α-hetero) is 1. The number of ether oxygens (including phenoxy) is 1. The third kappa shape index (κ3) is 3.89. The summed E-state index contributed by atoms with van der Waals surface area (Å²) < 4.78 is 5.32. The van der Waals surface area contributed by atoms with Gasteiger partial charge in [-0.3, -0.25) is 9.59 Å². The Balaban J connectivity index is 1.91. The molecule has 158 valence electrons. The first-order chi connectivity index (χ1) is 14.9. The minimum Gasteiger partial charge on any atom is -0.508 e. The van der Waals surface area contributed by atoms with Crippen LogP contribution in [-0.2, 0) is 16.1 Å². The molecule has 2 N–H and O–H groups in total. The van der Waals surface area contributed by atoms with Crippen molar-refractivity contribution < 1.29 is 24.5 Å². The number of aliphatic hydroxyl groups excluding tert-OH is 1. The van der Waals surface area contributed by atoms with Crippen LogP contribution in [0.5, 0.6) is 11.5 Å². The summed E-state index contributed by atoms with van der Waals surface area (Å²) in [7, 11) is 1.44. The SMILES string of the molecule is COc1ccc(Cl)cc1/C(O)=C1\C(=O)C(=O)N(Cc2cccs2)C1c1ccc(O)cc1. The summed E-state index contributed by atoms with van der Waals surface area (Å²) in [6.07, 6.45) is 0.